The maximum atomic E-state index is 6.13. The molecule has 0 heterocycles. The summed E-state index contributed by atoms with van der Waals surface area (Å²) in [6.45, 7) is 4.79. The molecule has 0 fully saturated rings. The van der Waals surface area contributed by atoms with E-state index in [0.29, 0.717) is 18.2 Å². The first-order chi connectivity index (χ1) is 10.5. The summed E-state index contributed by atoms with van der Waals surface area (Å²) in [5.41, 5.74) is 8.39. The van der Waals surface area contributed by atoms with E-state index >= 15 is 0 Å². The maximum absolute atomic E-state index is 6.13. The van der Waals surface area contributed by atoms with Crippen LogP contribution in [0.3, 0.4) is 0 Å². The van der Waals surface area contributed by atoms with Crippen molar-refractivity contribution in [2.75, 3.05) is 13.2 Å². The zero-order valence-electron chi connectivity index (χ0n) is 12.6. The predicted molar refractivity (Wildman–Crippen MR) is 94.2 cm³/mol. The van der Waals surface area contributed by atoms with E-state index in [2.05, 4.69) is 0 Å². The van der Waals surface area contributed by atoms with Crippen molar-refractivity contribution in [3.63, 3.8) is 0 Å². The summed E-state index contributed by atoms with van der Waals surface area (Å²) < 4.78 is 11.3. The van der Waals surface area contributed by atoms with Gasteiger partial charge in [-0.1, -0.05) is 36.0 Å². The van der Waals surface area contributed by atoms with Gasteiger partial charge < -0.3 is 15.2 Å². The van der Waals surface area contributed by atoms with Crippen molar-refractivity contribution in [3.05, 3.63) is 58.1 Å². The third-order valence-corrected chi connectivity index (χ3v) is 3.98. The Labute approximate surface area is 141 Å². The van der Waals surface area contributed by atoms with Crippen molar-refractivity contribution < 1.29 is 9.47 Å². The van der Waals surface area contributed by atoms with Gasteiger partial charge in [0.25, 0.3) is 0 Å². The van der Waals surface area contributed by atoms with E-state index < -0.39 is 0 Å². The molecule has 2 rings (SSSR count). The van der Waals surface area contributed by atoms with Gasteiger partial charge in [0.2, 0.25) is 0 Å². The van der Waals surface area contributed by atoms with Gasteiger partial charge in [0.05, 0.1) is 0 Å². The van der Waals surface area contributed by atoms with Crippen LogP contribution in [0, 0.1) is 13.8 Å². The molecule has 22 heavy (non-hydrogen) atoms. The Hall–Kier alpha value is -1.78. The predicted octanol–water partition coefficient (Wildman–Crippen LogP) is 4.05. The minimum atomic E-state index is 0.355. The molecular weight excluding hydrogens is 318 g/mol. The summed E-state index contributed by atoms with van der Waals surface area (Å²) in [6, 6.07) is 11.2. The fourth-order valence-corrected chi connectivity index (χ4v) is 2.28. The molecule has 0 aliphatic carbocycles. The summed E-state index contributed by atoms with van der Waals surface area (Å²) in [6.07, 6.45) is 0. The van der Waals surface area contributed by atoms with Crippen molar-refractivity contribution in [1.29, 1.82) is 0 Å². The van der Waals surface area contributed by atoms with E-state index in [4.69, 9.17) is 39.0 Å². The first kappa shape index (κ1) is 16.6. The molecule has 2 aromatic carbocycles. The molecule has 0 radical (unpaired) electrons. The van der Waals surface area contributed by atoms with Crippen molar-refractivity contribution in [2.45, 2.75) is 13.8 Å². The minimum absolute atomic E-state index is 0.355. The second kappa shape index (κ2) is 7.47. The summed E-state index contributed by atoms with van der Waals surface area (Å²) in [5.74, 6) is 1.51. The molecule has 0 aliphatic rings. The second-order valence-electron chi connectivity index (χ2n) is 4.96. The van der Waals surface area contributed by atoms with Gasteiger partial charge in [0, 0.05) is 10.6 Å². The van der Waals surface area contributed by atoms with Gasteiger partial charge in [-0.05, 0) is 49.2 Å². The molecule has 0 amide bonds. The number of hydrogen-bond donors (Lipinski definition) is 1. The van der Waals surface area contributed by atoms with E-state index in [1.165, 1.54) is 0 Å². The van der Waals surface area contributed by atoms with Gasteiger partial charge in [-0.15, -0.1) is 0 Å². The van der Waals surface area contributed by atoms with Crippen LogP contribution >= 0.6 is 23.8 Å². The Morgan fingerprint density at radius 3 is 2.23 bits per heavy atom. The SMILES string of the molecule is Cc1cc(OCCOc2cccc(C(N)=S)c2)cc(C)c1Cl. The highest BCUT2D eigenvalue weighted by molar-refractivity contribution is 7.80. The largest absolute Gasteiger partial charge is 0.490 e. The van der Waals surface area contributed by atoms with Crippen LogP contribution in [0.1, 0.15) is 16.7 Å². The molecule has 0 spiro atoms. The summed E-state index contributed by atoms with van der Waals surface area (Å²) in [4.78, 5) is 0.355. The molecule has 0 atom stereocenters. The Bertz CT molecular complexity index is 665. The molecule has 0 aliphatic heterocycles. The topological polar surface area (TPSA) is 44.5 Å². The van der Waals surface area contributed by atoms with Gasteiger partial charge >= 0.3 is 0 Å². The highest BCUT2D eigenvalue weighted by Gasteiger charge is 2.04. The standard InChI is InChI=1S/C17H18ClNO2S/c1-11-8-15(9-12(2)16(11)18)21-7-6-20-14-5-3-4-13(10-14)17(19)22/h3-5,8-10H,6-7H2,1-2H3,(H2,19,22). The number of hydrogen-bond acceptors (Lipinski definition) is 3. The monoisotopic (exact) mass is 335 g/mol. The lowest BCUT2D eigenvalue weighted by Crippen LogP contribution is -2.11. The minimum Gasteiger partial charge on any atom is -0.490 e. The first-order valence-corrected chi connectivity index (χ1v) is 7.68. The molecule has 2 aromatic rings. The average molecular weight is 336 g/mol. The van der Waals surface area contributed by atoms with E-state index in [-0.39, 0.29) is 0 Å². The lowest BCUT2D eigenvalue weighted by Gasteiger charge is -2.11. The highest BCUT2D eigenvalue weighted by Crippen LogP contribution is 2.25. The van der Waals surface area contributed by atoms with Gasteiger partial charge in [-0.2, -0.15) is 0 Å². The third kappa shape index (κ3) is 4.36. The lowest BCUT2D eigenvalue weighted by molar-refractivity contribution is 0.217. The summed E-state index contributed by atoms with van der Waals surface area (Å²) >= 11 is 11.1. The summed E-state index contributed by atoms with van der Waals surface area (Å²) in [5, 5.41) is 0.776. The fourth-order valence-electron chi connectivity index (χ4n) is 2.05. The quantitative estimate of drug-likeness (QED) is 0.639. The van der Waals surface area contributed by atoms with Crippen molar-refractivity contribution in [2.24, 2.45) is 5.73 Å². The lowest BCUT2D eigenvalue weighted by atomic mass is 10.1. The smallest absolute Gasteiger partial charge is 0.122 e. The number of aryl methyl sites for hydroxylation is 2. The molecule has 5 heteroatoms. The average Bonchev–Trinajstić information content (AvgIpc) is 2.49. The van der Waals surface area contributed by atoms with E-state index in [9.17, 15) is 0 Å². The number of nitrogens with two attached hydrogens (primary N) is 1. The Kier molecular flexibility index (Phi) is 5.63. The normalized spacial score (nSPS) is 10.3. The first-order valence-electron chi connectivity index (χ1n) is 6.89. The Morgan fingerprint density at radius 2 is 1.64 bits per heavy atom. The number of benzene rings is 2. The molecule has 2 N–H and O–H groups in total. The molecule has 0 bridgehead atoms. The zero-order valence-corrected chi connectivity index (χ0v) is 14.1. The van der Waals surface area contributed by atoms with Crippen LogP contribution in [0.2, 0.25) is 5.02 Å². The van der Waals surface area contributed by atoms with Crippen molar-refractivity contribution in [1.82, 2.24) is 0 Å². The van der Waals surface area contributed by atoms with E-state index in [1.807, 2.05) is 50.2 Å². The van der Waals surface area contributed by atoms with Gasteiger partial charge in [0.15, 0.2) is 0 Å². The van der Waals surface area contributed by atoms with Gasteiger partial charge in [-0.25, -0.2) is 0 Å². The van der Waals surface area contributed by atoms with Crippen LogP contribution in [0.4, 0.5) is 0 Å². The van der Waals surface area contributed by atoms with Crippen molar-refractivity contribution in [3.8, 4) is 11.5 Å². The molecule has 0 saturated carbocycles. The fraction of sp³-hybridized carbons (Fsp3) is 0.235. The zero-order chi connectivity index (χ0) is 16.1. The number of rotatable bonds is 6. The van der Waals surface area contributed by atoms with Crippen molar-refractivity contribution >= 4 is 28.8 Å². The Morgan fingerprint density at radius 1 is 1.05 bits per heavy atom. The van der Waals surface area contributed by atoms with Crippen LogP contribution < -0.4 is 15.2 Å². The van der Waals surface area contributed by atoms with Crippen LogP contribution in [0.15, 0.2) is 36.4 Å². The molecular formula is C17H18ClNO2S. The van der Waals surface area contributed by atoms with Gasteiger partial charge in [0.1, 0.15) is 29.7 Å². The molecule has 0 aromatic heterocycles. The third-order valence-electron chi connectivity index (χ3n) is 3.15. The molecule has 116 valence electrons. The van der Waals surface area contributed by atoms with Crippen LogP contribution in [-0.2, 0) is 0 Å². The Balaban J connectivity index is 1.87. The highest BCUT2D eigenvalue weighted by atomic mass is 35.5. The number of ether oxygens (including phenoxy) is 2. The summed E-state index contributed by atoms with van der Waals surface area (Å²) in [7, 11) is 0. The molecule has 0 unspecified atom stereocenters. The van der Waals surface area contributed by atoms with Crippen LogP contribution in [0.25, 0.3) is 0 Å². The van der Waals surface area contributed by atoms with E-state index in [1.54, 1.807) is 0 Å². The maximum Gasteiger partial charge on any atom is 0.122 e. The molecule has 3 nitrogen and oxygen atoms in total. The number of thiocarbonyl (C=S) groups is 1. The van der Waals surface area contributed by atoms with Gasteiger partial charge in [-0.3, -0.25) is 0 Å². The number of halogens is 1. The van der Waals surface area contributed by atoms with Crippen LogP contribution in [0.5, 0.6) is 11.5 Å². The van der Waals surface area contributed by atoms with Crippen LogP contribution in [-0.4, -0.2) is 18.2 Å². The molecule has 0 saturated heterocycles. The van der Waals surface area contributed by atoms with E-state index in [0.717, 1.165) is 33.2 Å². The second-order valence-corrected chi connectivity index (χ2v) is 5.78.